The van der Waals surface area contributed by atoms with Crippen molar-refractivity contribution in [2.75, 3.05) is 6.61 Å². The molecule has 0 aromatic heterocycles. The van der Waals surface area contributed by atoms with Gasteiger partial charge in [-0.15, -0.1) is 0 Å². The first-order valence-electron chi connectivity index (χ1n) is 8.78. The lowest BCUT2D eigenvalue weighted by atomic mass is 9.97. The Hall–Kier alpha value is -2.95. The fourth-order valence-electron chi connectivity index (χ4n) is 2.68. The molecule has 11 nitrogen and oxygen atoms in total. The molecule has 0 unspecified atom stereocenters. The summed E-state index contributed by atoms with van der Waals surface area (Å²) in [7, 11) is 0. The van der Waals surface area contributed by atoms with Gasteiger partial charge in [0.1, 0.15) is 12.7 Å². The predicted octanol–water partition coefficient (Wildman–Crippen LogP) is -0.238. The number of hydrogen-bond acceptors (Lipinski definition) is 10. The highest BCUT2D eigenvalue weighted by Gasteiger charge is 2.52. The van der Waals surface area contributed by atoms with E-state index in [-0.39, 0.29) is 6.61 Å². The number of carbonyl (C=O) groups is 5. The van der Waals surface area contributed by atoms with E-state index in [1.807, 2.05) is 0 Å². The van der Waals surface area contributed by atoms with Crippen molar-refractivity contribution in [3.63, 3.8) is 0 Å². The Morgan fingerprint density at radius 1 is 0.828 bits per heavy atom. The zero-order valence-corrected chi connectivity index (χ0v) is 16.8. The molecular formula is C18H25NO10. The fourth-order valence-corrected chi connectivity index (χ4v) is 2.68. The van der Waals surface area contributed by atoms with Gasteiger partial charge in [0.05, 0.1) is 0 Å². The summed E-state index contributed by atoms with van der Waals surface area (Å²) in [5.41, 5.74) is 0. The average molecular weight is 415 g/mol. The molecule has 0 aromatic carbocycles. The highest BCUT2D eigenvalue weighted by atomic mass is 16.7. The van der Waals surface area contributed by atoms with Gasteiger partial charge >= 0.3 is 23.9 Å². The molecule has 1 amide bonds. The summed E-state index contributed by atoms with van der Waals surface area (Å²) in [4.78, 5) is 58.1. The molecule has 162 valence electrons. The van der Waals surface area contributed by atoms with Crippen molar-refractivity contribution in [2.45, 2.75) is 65.3 Å². The predicted molar refractivity (Wildman–Crippen MR) is 94.9 cm³/mol. The van der Waals surface area contributed by atoms with Crippen LogP contribution in [-0.2, 0) is 47.7 Å². The second kappa shape index (κ2) is 11.1. The molecule has 1 heterocycles. The van der Waals surface area contributed by atoms with Gasteiger partial charge in [-0.2, -0.15) is 0 Å². The maximum Gasteiger partial charge on any atom is 0.303 e. The first kappa shape index (κ1) is 24.1. The lowest BCUT2D eigenvalue weighted by Gasteiger charge is -2.44. The molecule has 0 saturated carbocycles. The van der Waals surface area contributed by atoms with Gasteiger partial charge in [0, 0.05) is 27.7 Å². The molecule has 1 N–H and O–H groups in total. The van der Waals surface area contributed by atoms with Crippen molar-refractivity contribution in [3.05, 3.63) is 12.2 Å². The third-order valence-corrected chi connectivity index (χ3v) is 3.59. The molecule has 11 heteroatoms. The molecule has 29 heavy (non-hydrogen) atoms. The van der Waals surface area contributed by atoms with Crippen LogP contribution in [-0.4, -0.2) is 67.0 Å². The van der Waals surface area contributed by atoms with Crippen LogP contribution in [0.2, 0.25) is 0 Å². The van der Waals surface area contributed by atoms with Crippen molar-refractivity contribution in [2.24, 2.45) is 0 Å². The van der Waals surface area contributed by atoms with Gasteiger partial charge in [-0.05, 0) is 13.0 Å². The summed E-state index contributed by atoms with van der Waals surface area (Å²) in [5, 5.41) is 2.47. The summed E-state index contributed by atoms with van der Waals surface area (Å²) in [5.74, 6) is -3.44. The van der Waals surface area contributed by atoms with E-state index < -0.39 is 60.4 Å². The van der Waals surface area contributed by atoms with E-state index >= 15 is 0 Å². The van der Waals surface area contributed by atoms with E-state index in [9.17, 15) is 24.0 Å². The Morgan fingerprint density at radius 2 is 1.34 bits per heavy atom. The maximum absolute atomic E-state index is 12.0. The normalized spacial score (nSPS) is 26.3. The van der Waals surface area contributed by atoms with Crippen molar-refractivity contribution in [1.82, 2.24) is 5.32 Å². The number of ether oxygens (including phenoxy) is 5. The molecule has 0 radical (unpaired) electrons. The van der Waals surface area contributed by atoms with Crippen molar-refractivity contribution in [1.29, 1.82) is 0 Å². The van der Waals surface area contributed by atoms with Crippen LogP contribution >= 0.6 is 0 Å². The van der Waals surface area contributed by atoms with Crippen molar-refractivity contribution >= 4 is 29.8 Å². The number of esters is 4. The van der Waals surface area contributed by atoms with Crippen LogP contribution < -0.4 is 5.32 Å². The molecule has 5 atom stereocenters. The highest BCUT2D eigenvalue weighted by Crippen LogP contribution is 2.28. The van der Waals surface area contributed by atoms with Crippen LogP contribution in [0.4, 0.5) is 0 Å². The number of amides is 1. The van der Waals surface area contributed by atoms with Gasteiger partial charge in [0.25, 0.3) is 0 Å². The molecule has 1 fully saturated rings. The van der Waals surface area contributed by atoms with Gasteiger partial charge in [-0.1, -0.05) is 6.08 Å². The molecule has 0 aromatic rings. The minimum Gasteiger partial charge on any atom is -0.463 e. The van der Waals surface area contributed by atoms with E-state index in [0.29, 0.717) is 0 Å². The fraction of sp³-hybridized carbons (Fsp3) is 0.611. The van der Waals surface area contributed by atoms with E-state index in [4.69, 9.17) is 23.7 Å². The molecule has 1 aliphatic heterocycles. The number of hydrogen-bond donors (Lipinski definition) is 1. The largest absolute Gasteiger partial charge is 0.463 e. The van der Waals surface area contributed by atoms with Gasteiger partial charge in [0.2, 0.25) is 5.91 Å². The minimum atomic E-state index is -1.33. The van der Waals surface area contributed by atoms with E-state index in [1.54, 1.807) is 6.92 Å². The SMILES string of the molecule is C/C=C/C(=O)N[C@@H]1O[C@H](COC(C)=O)[C@@H](OC(C)=O)[C@H](OC(C)=O)[C@H]1OC(C)=O. The summed E-state index contributed by atoms with van der Waals surface area (Å²) in [6.45, 7) is 5.76. The number of allylic oxidation sites excluding steroid dienone is 1. The van der Waals surface area contributed by atoms with Crippen molar-refractivity contribution in [3.8, 4) is 0 Å². The first-order valence-corrected chi connectivity index (χ1v) is 8.78. The Labute approximate surface area is 167 Å². The smallest absolute Gasteiger partial charge is 0.303 e. The Bertz CT molecular complexity index is 674. The maximum atomic E-state index is 12.0. The van der Waals surface area contributed by atoms with Crippen LogP contribution in [0.5, 0.6) is 0 Å². The molecule has 1 rings (SSSR count). The number of rotatable bonds is 7. The van der Waals surface area contributed by atoms with E-state index in [0.717, 1.165) is 20.8 Å². The van der Waals surface area contributed by atoms with Crippen LogP contribution in [0.25, 0.3) is 0 Å². The molecule has 0 spiro atoms. The minimum absolute atomic E-state index is 0.367. The lowest BCUT2D eigenvalue weighted by molar-refractivity contribution is -0.256. The van der Waals surface area contributed by atoms with Gasteiger partial charge < -0.3 is 29.0 Å². The van der Waals surface area contributed by atoms with Crippen LogP contribution in [0.1, 0.15) is 34.6 Å². The Morgan fingerprint density at radius 3 is 1.83 bits per heavy atom. The topological polar surface area (TPSA) is 144 Å². The summed E-state index contributed by atoms with van der Waals surface area (Å²) in [6, 6.07) is 0. The highest BCUT2D eigenvalue weighted by molar-refractivity contribution is 5.87. The molecule has 1 saturated heterocycles. The number of carbonyl (C=O) groups excluding carboxylic acids is 5. The van der Waals surface area contributed by atoms with Crippen molar-refractivity contribution < 1.29 is 47.7 Å². The molecular weight excluding hydrogens is 390 g/mol. The standard InChI is InChI=1S/C18H25NO10/c1-6-7-14(24)19-18-17(28-12(5)23)16(27-11(4)22)15(26-10(3)21)13(29-18)8-25-9(2)20/h6-7,13,15-18H,8H2,1-5H3,(H,19,24)/b7-6+/t13-,15-,16+,17-,18-/m1/s1. The second-order valence-corrected chi connectivity index (χ2v) is 6.13. The lowest BCUT2D eigenvalue weighted by Crippen LogP contribution is -2.66. The van der Waals surface area contributed by atoms with E-state index in [2.05, 4.69) is 5.32 Å². The van der Waals surface area contributed by atoms with Gasteiger partial charge in [0.15, 0.2) is 24.5 Å². The van der Waals surface area contributed by atoms with Crippen LogP contribution in [0.3, 0.4) is 0 Å². The average Bonchev–Trinajstić information content (AvgIpc) is 2.57. The van der Waals surface area contributed by atoms with Gasteiger partial charge in [-0.3, -0.25) is 24.0 Å². The summed E-state index contributed by atoms with van der Waals surface area (Å²) < 4.78 is 26.3. The third kappa shape index (κ3) is 7.90. The monoisotopic (exact) mass is 415 g/mol. The Balaban J connectivity index is 3.33. The molecule has 0 aliphatic carbocycles. The first-order chi connectivity index (χ1) is 13.5. The van der Waals surface area contributed by atoms with Crippen LogP contribution in [0.15, 0.2) is 12.2 Å². The number of nitrogens with one attached hydrogen (secondary N) is 1. The molecule has 0 bridgehead atoms. The zero-order chi connectivity index (χ0) is 22.1. The third-order valence-electron chi connectivity index (χ3n) is 3.59. The van der Waals surface area contributed by atoms with Crippen LogP contribution in [0, 0.1) is 0 Å². The second-order valence-electron chi connectivity index (χ2n) is 6.13. The van der Waals surface area contributed by atoms with E-state index in [1.165, 1.54) is 19.1 Å². The molecule has 1 aliphatic rings. The zero-order valence-electron chi connectivity index (χ0n) is 16.8. The van der Waals surface area contributed by atoms with Gasteiger partial charge in [-0.25, -0.2) is 0 Å². The quantitative estimate of drug-likeness (QED) is 0.336. The summed E-state index contributed by atoms with van der Waals surface area (Å²) >= 11 is 0. The summed E-state index contributed by atoms with van der Waals surface area (Å²) in [6.07, 6.45) is -3.65. The Kier molecular flexibility index (Phi) is 9.26.